The van der Waals surface area contributed by atoms with Gasteiger partial charge < -0.3 is 5.73 Å². The van der Waals surface area contributed by atoms with Crippen molar-refractivity contribution >= 4 is 11.3 Å². The van der Waals surface area contributed by atoms with Gasteiger partial charge in [0.1, 0.15) is 0 Å². The van der Waals surface area contributed by atoms with Gasteiger partial charge in [-0.2, -0.15) is 0 Å². The van der Waals surface area contributed by atoms with Gasteiger partial charge in [-0.15, -0.1) is 11.3 Å². The maximum absolute atomic E-state index is 12.0. The lowest BCUT2D eigenvalue weighted by molar-refractivity contribution is 0.116. The van der Waals surface area contributed by atoms with Crippen molar-refractivity contribution in [3.8, 4) is 0 Å². The lowest BCUT2D eigenvalue weighted by Gasteiger charge is -2.07. The highest BCUT2D eigenvalue weighted by Crippen LogP contribution is 2.16. The van der Waals surface area contributed by atoms with E-state index in [0.717, 1.165) is 10.4 Å². The molecule has 0 aliphatic heterocycles. The van der Waals surface area contributed by atoms with E-state index in [1.807, 2.05) is 18.4 Å². The van der Waals surface area contributed by atoms with Crippen LogP contribution in [0.15, 0.2) is 11.4 Å². The monoisotopic (exact) mass is 191 g/mol. The van der Waals surface area contributed by atoms with Crippen LogP contribution >= 0.6 is 11.3 Å². The van der Waals surface area contributed by atoms with E-state index >= 15 is 0 Å². The predicted octanol–water partition coefficient (Wildman–Crippen LogP) is 2.19. The number of nitrogens with two attached hydrogens (primary N) is 1. The number of alkyl halides is 2. The Labute approximate surface area is 74.2 Å². The maximum atomic E-state index is 12.0. The van der Waals surface area contributed by atoms with E-state index < -0.39 is 12.5 Å². The van der Waals surface area contributed by atoms with E-state index in [0.29, 0.717) is 0 Å². The molecule has 0 saturated heterocycles. The Kier molecular flexibility index (Phi) is 3.17. The van der Waals surface area contributed by atoms with E-state index in [9.17, 15) is 8.78 Å². The van der Waals surface area contributed by atoms with Crippen molar-refractivity contribution in [3.63, 3.8) is 0 Å². The molecule has 0 aromatic carbocycles. The van der Waals surface area contributed by atoms with Crippen molar-refractivity contribution in [1.29, 1.82) is 0 Å². The minimum Gasteiger partial charge on any atom is -0.323 e. The van der Waals surface area contributed by atoms with Crippen molar-refractivity contribution in [2.24, 2.45) is 5.73 Å². The summed E-state index contributed by atoms with van der Waals surface area (Å²) in [5.74, 6) is 0. The molecule has 1 heterocycles. The lowest BCUT2D eigenvalue weighted by atomic mass is 10.2. The first-order chi connectivity index (χ1) is 5.59. The molecule has 1 atom stereocenters. The molecule has 4 heteroatoms. The molecule has 0 aliphatic carbocycles. The van der Waals surface area contributed by atoms with Crippen LogP contribution in [-0.4, -0.2) is 12.5 Å². The third kappa shape index (κ3) is 2.53. The van der Waals surface area contributed by atoms with Gasteiger partial charge >= 0.3 is 0 Å². The minimum atomic E-state index is -2.42. The Morgan fingerprint density at radius 1 is 1.58 bits per heavy atom. The molecule has 1 aromatic heterocycles. The van der Waals surface area contributed by atoms with Crippen LogP contribution in [0, 0.1) is 6.92 Å². The molecule has 0 fully saturated rings. The third-order valence-corrected chi connectivity index (χ3v) is 2.62. The first-order valence-corrected chi connectivity index (χ1v) is 4.55. The van der Waals surface area contributed by atoms with Gasteiger partial charge in [0.2, 0.25) is 0 Å². The third-order valence-electron chi connectivity index (χ3n) is 1.55. The Balaban J connectivity index is 2.52. The fourth-order valence-electron chi connectivity index (χ4n) is 0.919. The highest BCUT2D eigenvalue weighted by Gasteiger charge is 2.15. The van der Waals surface area contributed by atoms with Crippen LogP contribution < -0.4 is 5.73 Å². The summed E-state index contributed by atoms with van der Waals surface area (Å²) < 4.78 is 24.0. The topological polar surface area (TPSA) is 26.0 Å². The molecule has 0 spiro atoms. The van der Waals surface area contributed by atoms with Crippen molar-refractivity contribution in [2.75, 3.05) is 0 Å². The fraction of sp³-hybridized carbons (Fsp3) is 0.500. The number of hydrogen-bond donors (Lipinski definition) is 1. The van der Waals surface area contributed by atoms with E-state index in [1.165, 1.54) is 11.3 Å². The SMILES string of the molecule is Cc1csc(CC(N)C(F)F)c1. The fourth-order valence-corrected chi connectivity index (χ4v) is 1.87. The summed E-state index contributed by atoms with van der Waals surface area (Å²) in [6.07, 6.45) is -2.15. The van der Waals surface area contributed by atoms with Crippen LogP contribution in [0.4, 0.5) is 8.78 Å². The van der Waals surface area contributed by atoms with Crippen LogP contribution in [0.1, 0.15) is 10.4 Å². The van der Waals surface area contributed by atoms with Crippen molar-refractivity contribution in [2.45, 2.75) is 25.8 Å². The van der Waals surface area contributed by atoms with Crippen LogP contribution in [-0.2, 0) is 6.42 Å². The summed E-state index contributed by atoms with van der Waals surface area (Å²) in [5.41, 5.74) is 6.32. The molecule has 68 valence electrons. The summed E-state index contributed by atoms with van der Waals surface area (Å²) in [5, 5.41) is 1.94. The maximum Gasteiger partial charge on any atom is 0.253 e. The Morgan fingerprint density at radius 3 is 2.67 bits per heavy atom. The van der Waals surface area contributed by atoms with E-state index in [1.54, 1.807) is 0 Å². The van der Waals surface area contributed by atoms with Gasteiger partial charge in [0.25, 0.3) is 6.43 Å². The highest BCUT2D eigenvalue weighted by atomic mass is 32.1. The Bertz CT molecular complexity index is 247. The van der Waals surface area contributed by atoms with Gasteiger partial charge in [-0.1, -0.05) is 0 Å². The molecule has 0 amide bonds. The van der Waals surface area contributed by atoms with E-state index in [4.69, 9.17) is 5.73 Å². The van der Waals surface area contributed by atoms with Crippen LogP contribution in [0.2, 0.25) is 0 Å². The largest absolute Gasteiger partial charge is 0.323 e. The molecule has 0 saturated carbocycles. The molecule has 1 aromatic rings. The van der Waals surface area contributed by atoms with E-state index in [2.05, 4.69) is 0 Å². The van der Waals surface area contributed by atoms with Crippen molar-refractivity contribution in [3.05, 3.63) is 21.9 Å². The van der Waals surface area contributed by atoms with Gasteiger partial charge in [0, 0.05) is 11.3 Å². The zero-order chi connectivity index (χ0) is 9.14. The normalized spacial score (nSPS) is 13.8. The van der Waals surface area contributed by atoms with Gasteiger partial charge in [-0.05, 0) is 23.9 Å². The average molecular weight is 191 g/mol. The number of thiophene rings is 1. The Morgan fingerprint density at radius 2 is 2.25 bits per heavy atom. The van der Waals surface area contributed by atoms with Gasteiger partial charge in [-0.25, -0.2) is 8.78 Å². The zero-order valence-electron chi connectivity index (χ0n) is 6.76. The van der Waals surface area contributed by atoms with Crippen LogP contribution in [0.25, 0.3) is 0 Å². The second-order valence-corrected chi connectivity index (χ2v) is 3.79. The first-order valence-electron chi connectivity index (χ1n) is 3.67. The zero-order valence-corrected chi connectivity index (χ0v) is 7.57. The van der Waals surface area contributed by atoms with Gasteiger partial charge in [-0.3, -0.25) is 0 Å². The molecule has 2 N–H and O–H groups in total. The number of halogens is 2. The van der Waals surface area contributed by atoms with Gasteiger partial charge in [0.05, 0.1) is 6.04 Å². The number of hydrogen-bond acceptors (Lipinski definition) is 2. The molecule has 0 bridgehead atoms. The van der Waals surface area contributed by atoms with Crippen molar-refractivity contribution in [1.82, 2.24) is 0 Å². The van der Waals surface area contributed by atoms with E-state index in [-0.39, 0.29) is 6.42 Å². The summed E-state index contributed by atoms with van der Waals surface area (Å²) in [6.45, 7) is 1.94. The summed E-state index contributed by atoms with van der Waals surface area (Å²) in [4.78, 5) is 0.931. The second-order valence-electron chi connectivity index (χ2n) is 2.79. The lowest BCUT2D eigenvalue weighted by Crippen LogP contribution is -2.30. The second kappa shape index (κ2) is 3.96. The molecular weight excluding hydrogens is 180 g/mol. The number of rotatable bonds is 3. The molecule has 1 unspecified atom stereocenters. The standard InChI is InChI=1S/C8H11F2NS/c1-5-2-6(12-4-5)3-7(11)8(9)10/h2,4,7-8H,3,11H2,1H3. The smallest absolute Gasteiger partial charge is 0.253 e. The molecule has 0 aliphatic rings. The quantitative estimate of drug-likeness (QED) is 0.778. The van der Waals surface area contributed by atoms with Crippen molar-refractivity contribution < 1.29 is 8.78 Å². The summed E-state index contributed by atoms with van der Waals surface area (Å²) >= 11 is 1.48. The molecule has 0 radical (unpaired) electrons. The van der Waals surface area contributed by atoms with Gasteiger partial charge in [0.15, 0.2) is 0 Å². The molecule has 12 heavy (non-hydrogen) atoms. The molecule has 1 nitrogen and oxygen atoms in total. The predicted molar refractivity (Wildman–Crippen MR) is 46.7 cm³/mol. The first kappa shape index (κ1) is 9.61. The number of aryl methyl sites for hydroxylation is 1. The molecule has 1 rings (SSSR count). The average Bonchev–Trinajstić information content (AvgIpc) is 2.35. The summed E-state index contributed by atoms with van der Waals surface area (Å²) in [7, 11) is 0. The molecular formula is C8H11F2NS. The highest BCUT2D eigenvalue weighted by molar-refractivity contribution is 7.10. The van der Waals surface area contributed by atoms with Crippen LogP contribution in [0.3, 0.4) is 0 Å². The summed E-state index contributed by atoms with van der Waals surface area (Å²) in [6, 6.07) is 0.871. The Hall–Kier alpha value is -0.480. The minimum absolute atomic E-state index is 0.274. The van der Waals surface area contributed by atoms with Crippen LogP contribution in [0.5, 0.6) is 0 Å².